The molecule has 0 spiro atoms. The highest BCUT2D eigenvalue weighted by atomic mass is 32.3. The maximum absolute atomic E-state index is 11.1. The Morgan fingerprint density at radius 1 is 0.615 bits per heavy atom. The Hall–Kier alpha value is -0.290. The first kappa shape index (κ1) is 25.7. The van der Waals surface area contributed by atoms with Crippen molar-refractivity contribution >= 4 is 10.4 Å². The molecule has 0 aliphatic rings. The van der Waals surface area contributed by atoms with Gasteiger partial charge in [-0.3, -0.25) is 0 Å². The first-order valence-corrected chi connectivity index (χ1v) is 10.8. The second kappa shape index (κ2) is 19.5. The van der Waals surface area contributed by atoms with E-state index in [-0.39, 0.29) is 26.4 Å². The molecule has 0 heterocycles. The van der Waals surface area contributed by atoms with Gasteiger partial charge in [0.1, 0.15) is 0 Å². The van der Waals surface area contributed by atoms with Crippen LogP contribution in [0.1, 0.15) is 51.9 Å². The van der Waals surface area contributed by atoms with Crippen molar-refractivity contribution in [2.75, 3.05) is 59.5 Å². The molecule has 9 heteroatoms. The zero-order chi connectivity index (χ0) is 19.3. The summed E-state index contributed by atoms with van der Waals surface area (Å²) in [6.45, 7) is 4.09. The SMILES string of the molecule is CCCCCCCCCOCCOCCOCCOS(=O)(=O)OCCO. The largest absolute Gasteiger partial charge is 0.400 e. The monoisotopic (exact) mass is 400 g/mol. The van der Waals surface area contributed by atoms with Crippen molar-refractivity contribution < 1.29 is 36.1 Å². The van der Waals surface area contributed by atoms with Crippen LogP contribution in [-0.2, 0) is 33.0 Å². The van der Waals surface area contributed by atoms with Crippen LogP contribution in [0.15, 0.2) is 0 Å². The second-order valence-electron chi connectivity index (χ2n) is 5.73. The lowest BCUT2D eigenvalue weighted by atomic mass is 10.1. The third kappa shape index (κ3) is 20.0. The Kier molecular flexibility index (Phi) is 19.3. The molecule has 158 valence electrons. The van der Waals surface area contributed by atoms with Gasteiger partial charge < -0.3 is 19.3 Å². The first-order chi connectivity index (χ1) is 12.6. The normalized spacial score (nSPS) is 11.9. The summed E-state index contributed by atoms with van der Waals surface area (Å²) < 4.78 is 47.0. The molecule has 0 aromatic heterocycles. The molecule has 0 amide bonds. The van der Waals surface area contributed by atoms with E-state index in [2.05, 4.69) is 15.3 Å². The average molecular weight is 401 g/mol. The van der Waals surface area contributed by atoms with E-state index >= 15 is 0 Å². The van der Waals surface area contributed by atoms with E-state index in [0.717, 1.165) is 13.0 Å². The number of aliphatic hydroxyl groups excluding tert-OH is 1. The third-order valence-corrected chi connectivity index (χ3v) is 4.32. The molecule has 0 aromatic rings. The third-order valence-electron chi connectivity index (χ3n) is 3.41. The van der Waals surface area contributed by atoms with Gasteiger partial charge in [-0.1, -0.05) is 45.4 Å². The molecule has 0 atom stereocenters. The maximum atomic E-state index is 11.1. The molecule has 26 heavy (non-hydrogen) atoms. The van der Waals surface area contributed by atoms with E-state index in [1.807, 2.05) is 0 Å². The molecule has 0 unspecified atom stereocenters. The van der Waals surface area contributed by atoms with Gasteiger partial charge >= 0.3 is 10.4 Å². The Bertz CT molecular complexity index is 375. The molecule has 0 aliphatic heterocycles. The Morgan fingerprint density at radius 3 is 1.65 bits per heavy atom. The van der Waals surface area contributed by atoms with Gasteiger partial charge in [-0.2, -0.15) is 8.42 Å². The Balaban J connectivity index is 3.16. The highest BCUT2D eigenvalue weighted by Gasteiger charge is 2.10. The lowest BCUT2D eigenvalue weighted by Gasteiger charge is -2.07. The van der Waals surface area contributed by atoms with Gasteiger partial charge in [0.15, 0.2) is 0 Å². The van der Waals surface area contributed by atoms with Gasteiger partial charge in [0.2, 0.25) is 0 Å². The van der Waals surface area contributed by atoms with E-state index in [9.17, 15) is 8.42 Å². The fraction of sp³-hybridized carbons (Fsp3) is 1.00. The van der Waals surface area contributed by atoms with Gasteiger partial charge in [-0.05, 0) is 6.42 Å². The van der Waals surface area contributed by atoms with Crippen LogP contribution < -0.4 is 0 Å². The first-order valence-electron chi connectivity index (χ1n) is 9.50. The fourth-order valence-electron chi connectivity index (χ4n) is 2.07. The molecule has 0 rings (SSSR count). The summed E-state index contributed by atoms with van der Waals surface area (Å²) >= 11 is 0. The van der Waals surface area contributed by atoms with Crippen LogP contribution in [0.3, 0.4) is 0 Å². The minimum absolute atomic E-state index is 0.111. The zero-order valence-corrected chi connectivity index (χ0v) is 16.8. The van der Waals surface area contributed by atoms with Crippen molar-refractivity contribution in [1.82, 2.24) is 0 Å². The van der Waals surface area contributed by atoms with E-state index in [1.54, 1.807) is 0 Å². The summed E-state index contributed by atoms with van der Waals surface area (Å²) in [5.74, 6) is 0. The van der Waals surface area contributed by atoms with Crippen LogP contribution in [0.5, 0.6) is 0 Å². The Labute approximate surface area is 158 Å². The summed E-state index contributed by atoms with van der Waals surface area (Å²) in [6.07, 6.45) is 8.89. The van der Waals surface area contributed by atoms with Gasteiger partial charge in [0.25, 0.3) is 0 Å². The van der Waals surface area contributed by atoms with E-state index in [1.165, 1.54) is 38.5 Å². The molecule has 8 nitrogen and oxygen atoms in total. The van der Waals surface area contributed by atoms with Crippen LogP contribution >= 0.6 is 0 Å². The number of hydrogen-bond donors (Lipinski definition) is 1. The summed E-state index contributed by atoms with van der Waals surface area (Å²) in [6, 6.07) is 0. The topological polar surface area (TPSA) is 101 Å². The van der Waals surface area contributed by atoms with Crippen molar-refractivity contribution in [1.29, 1.82) is 0 Å². The van der Waals surface area contributed by atoms with E-state index in [4.69, 9.17) is 19.3 Å². The summed E-state index contributed by atoms with van der Waals surface area (Å²) in [4.78, 5) is 0. The van der Waals surface area contributed by atoms with Crippen molar-refractivity contribution in [3.8, 4) is 0 Å². The molecule has 0 bridgehead atoms. The van der Waals surface area contributed by atoms with Crippen LogP contribution in [-0.4, -0.2) is 73.0 Å². The molecule has 0 aliphatic carbocycles. The number of aliphatic hydroxyl groups is 1. The molecule has 0 aromatic carbocycles. The minimum atomic E-state index is -4.05. The lowest BCUT2D eigenvalue weighted by Crippen LogP contribution is -2.17. The van der Waals surface area contributed by atoms with Gasteiger partial charge in [0.05, 0.1) is 52.9 Å². The van der Waals surface area contributed by atoms with Crippen LogP contribution in [0, 0.1) is 0 Å². The number of unbranched alkanes of at least 4 members (excludes halogenated alkanes) is 6. The molecule has 0 fully saturated rings. The van der Waals surface area contributed by atoms with Crippen molar-refractivity contribution in [3.63, 3.8) is 0 Å². The van der Waals surface area contributed by atoms with Crippen LogP contribution in [0.2, 0.25) is 0 Å². The minimum Gasteiger partial charge on any atom is -0.394 e. The number of rotatable bonds is 21. The molecule has 1 N–H and O–H groups in total. The standard InChI is InChI=1S/C17H36O8S/c1-2-3-4-5-6-7-8-10-21-12-13-22-14-15-23-16-17-25-26(19,20)24-11-9-18/h18H,2-17H2,1H3. The quantitative estimate of drug-likeness (QED) is 0.292. The van der Waals surface area contributed by atoms with Gasteiger partial charge in [0, 0.05) is 6.61 Å². The molecular weight excluding hydrogens is 364 g/mol. The summed E-state index contributed by atoms with van der Waals surface area (Å²) in [7, 11) is -4.05. The summed E-state index contributed by atoms with van der Waals surface area (Å²) in [5, 5.41) is 8.46. The lowest BCUT2D eigenvalue weighted by molar-refractivity contribution is 0.00807. The van der Waals surface area contributed by atoms with Crippen molar-refractivity contribution in [3.05, 3.63) is 0 Å². The molecule has 0 saturated heterocycles. The zero-order valence-electron chi connectivity index (χ0n) is 16.0. The Morgan fingerprint density at radius 2 is 1.08 bits per heavy atom. The van der Waals surface area contributed by atoms with E-state index in [0.29, 0.717) is 26.4 Å². The maximum Gasteiger partial charge on any atom is 0.400 e. The number of ether oxygens (including phenoxy) is 3. The molecule has 0 saturated carbocycles. The predicted molar refractivity (Wildman–Crippen MR) is 98.4 cm³/mol. The van der Waals surface area contributed by atoms with Gasteiger partial charge in [-0.25, -0.2) is 8.37 Å². The van der Waals surface area contributed by atoms with E-state index < -0.39 is 10.4 Å². The molecule has 0 radical (unpaired) electrons. The van der Waals surface area contributed by atoms with Crippen LogP contribution in [0.25, 0.3) is 0 Å². The van der Waals surface area contributed by atoms with Gasteiger partial charge in [-0.15, -0.1) is 0 Å². The predicted octanol–water partition coefficient (Wildman–Crippen LogP) is 2.06. The molecular formula is C17H36O8S. The smallest absolute Gasteiger partial charge is 0.394 e. The second-order valence-corrected chi connectivity index (χ2v) is 7.02. The number of hydrogen-bond acceptors (Lipinski definition) is 8. The average Bonchev–Trinajstić information content (AvgIpc) is 2.62. The summed E-state index contributed by atoms with van der Waals surface area (Å²) in [5.41, 5.74) is 0. The highest BCUT2D eigenvalue weighted by Crippen LogP contribution is 2.06. The highest BCUT2D eigenvalue weighted by molar-refractivity contribution is 7.81. The fourth-order valence-corrected chi connectivity index (χ4v) is 2.69. The van der Waals surface area contributed by atoms with Crippen molar-refractivity contribution in [2.45, 2.75) is 51.9 Å². The van der Waals surface area contributed by atoms with Crippen LogP contribution in [0.4, 0.5) is 0 Å². The van der Waals surface area contributed by atoms with Crippen molar-refractivity contribution in [2.24, 2.45) is 0 Å².